The molecule has 0 aliphatic carbocycles. The van der Waals surface area contributed by atoms with Crippen molar-refractivity contribution in [3.05, 3.63) is 106 Å². The number of carbonyl (C=O) groups is 2. The molecule has 6 heterocycles. The van der Waals surface area contributed by atoms with Crippen LogP contribution < -0.4 is 21.3 Å². The van der Waals surface area contributed by atoms with E-state index in [2.05, 4.69) is 52.4 Å². The van der Waals surface area contributed by atoms with E-state index in [1.54, 1.807) is 6.08 Å². The maximum atomic E-state index is 11.6. The van der Waals surface area contributed by atoms with Gasteiger partial charge in [-0.05, 0) is 55.2 Å². The van der Waals surface area contributed by atoms with Crippen LogP contribution in [0.3, 0.4) is 0 Å². The maximum Gasteiger partial charge on any atom is 0.220 e. The Hall–Kier alpha value is -4.74. The van der Waals surface area contributed by atoms with Gasteiger partial charge in [-0.15, -0.1) is 0 Å². The molecule has 10 nitrogen and oxygen atoms in total. The molecule has 2 atom stereocenters. The summed E-state index contributed by atoms with van der Waals surface area (Å²) in [5, 5.41) is 16.1. The Bertz CT molecular complexity index is 2300. The van der Waals surface area contributed by atoms with E-state index in [1.165, 1.54) is 0 Å². The molecule has 0 radical (unpaired) electrons. The Labute approximate surface area is 319 Å². The molecule has 2 aliphatic rings. The molecular formula is C41H44Cl2N8O2. The van der Waals surface area contributed by atoms with Gasteiger partial charge in [-0.2, -0.15) is 0 Å². The van der Waals surface area contributed by atoms with Crippen molar-refractivity contribution >= 4 is 68.2 Å². The van der Waals surface area contributed by atoms with Gasteiger partial charge in [-0.25, -0.2) is 9.97 Å². The third-order valence-electron chi connectivity index (χ3n) is 10.2. The second-order valence-electron chi connectivity index (χ2n) is 13.8. The van der Waals surface area contributed by atoms with E-state index in [0.717, 1.165) is 87.2 Å². The monoisotopic (exact) mass is 750 g/mol. The number of allylic oxidation sites excluding steroid dienone is 5. The summed E-state index contributed by atoms with van der Waals surface area (Å²) in [6, 6.07) is 14.4. The van der Waals surface area contributed by atoms with Gasteiger partial charge in [0.15, 0.2) is 0 Å². The van der Waals surface area contributed by atoms with Crippen LogP contribution in [0.1, 0.15) is 55.0 Å². The molecule has 0 bridgehead atoms. The van der Waals surface area contributed by atoms with Crippen molar-refractivity contribution in [2.45, 2.75) is 57.8 Å². The van der Waals surface area contributed by atoms with Crippen LogP contribution in [-0.4, -0.2) is 56.1 Å². The smallest absolute Gasteiger partial charge is 0.220 e. The largest absolute Gasteiger partial charge is 0.352 e. The zero-order valence-electron chi connectivity index (χ0n) is 30.2. The van der Waals surface area contributed by atoms with Gasteiger partial charge in [0.2, 0.25) is 11.8 Å². The van der Waals surface area contributed by atoms with Crippen molar-refractivity contribution in [2.75, 3.05) is 13.1 Å². The Morgan fingerprint density at radius 3 is 2.02 bits per heavy atom. The molecule has 2 saturated heterocycles. The average Bonchev–Trinajstić information content (AvgIpc) is 3.92. The van der Waals surface area contributed by atoms with Crippen molar-refractivity contribution in [2.24, 2.45) is 14.1 Å². The molecule has 0 saturated carbocycles. The second-order valence-corrected chi connectivity index (χ2v) is 14.6. The van der Waals surface area contributed by atoms with Crippen LogP contribution in [0.4, 0.5) is 0 Å². The number of aromatic nitrogens is 4. The lowest BCUT2D eigenvalue weighted by atomic mass is 9.97. The van der Waals surface area contributed by atoms with Crippen molar-refractivity contribution in [3.63, 3.8) is 0 Å². The molecule has 7 rings (SSSR count). The minimum absolute atomic E-state index is 0.121. The highest BCUT2D eigenvalue weighted by atomic mass is 35.5. The quantitative estimate of drug-likeness (QED) is 0.0990. The molecule has 53 heavy (non-hydrogen) atoms. The lowest BCUT2D eigenvalue weighted by molar-refractivity contribution is -0.120. The predicted molar refractivity (Wildman–Crippen MR) is 214 cm³/mol. The van der Waals surface area contributed by atoms with Crippen molar-refractivity contribution in [1.29, 1.82) is 0 Å². The normalized spacial score (nSPS) is 18.2. The number of carbonyl (C=O) groups excluding carboxylic acids is 2. The average molecular weight is 752 g/mol. The van der Waals surface area contributed by atoms with Gasteiger partial charge in [0, 0.05) is 111 Å². The van der Waals surface area contributed by atoms with Crippen LogP contribution in [-0.2, 0) is 36.8 Å². The fraction of sp³-hybridized carbons (Fsp3) is 0.317. The highest BCUT2D eigenvalue weighted by molar-refractivity contribution is 6.42. The number of hydrogen-bond donors (Lipinski definition) is 4. The Kier molecular flexibility index (Phi) is 10.8. The van der Waals surface area contributed by atoms with E-state index in [1.807, 2.05) is 66.6 Å². The summed E-state index contributed by atoms with van der Waals surface area (Å²) in [4.78, 5) is 33.2. The Morgan fingerprint density at radius 1 is 0.887 bits per heavy atom. The maximum absolute atomic E-state index is 11.6. The van der Waals surface area contributed by atoms with E-state index >= 15 is 0 Å². The van der Waals surface area contributed by atoms with E-state index in [9.17, 15) is 9.59 Å². The van der Waals surface area contributed by atoms with Crippen LogP contribution in [0, 0.1) is 0 Å². The summed E-state index contributed by atoms with van der Waals surface area (Å²) in [5.74, 6) is 0.242. The summed E-state index contributed by atoms with van der Waals surface area (Å²) in [6.07, 6.45) is 10.8. The van der Waals surface area contributed by atoms with Crippen molar-refractivity contribution in [3.8, 4) is 11.3 Å². The predicted octanol–water partition coefficient (Wildman–Crippen LogP) is 6.76. The standard InChI is InChI=1S/C41H44Cl2N8O2/c1-5-28(38(42)29(6-2)34-14-12-30-24(22-50(3)40(30)48-34)18-44-20-26-10-16-36(52)46-26)32-8-7-9-33(39(32)43)35-15-13-31-25(23-51(4)41(31)49-35)19-45-21-27-11-17-37(53)47-27/h5-9,12-15,22-23,26-27,44-45H,1,10-11,16-21H2,2-4H3,(H,46,52)(H,47,53)/b29-6-,38-28-/t26?,27-/m0/s1. The number of pyridine rings is 2. The van der Waals surface area contributed by atoms with Gasteiger partial charge < -0.3 is 30.4 Å². The van der Waals surface area contributed by atoms with Gasteiger partial charge in [0.1, 0.15) is 11.3 Å². The molecule has 1 unspecified atom stereocenters. The first kappa shape index (κ1) is 36.6. The van der Waals surface area contributed by atoms with Crippen molar-refractivity contribution in [1.82, 2.24) is 40.4 Å². The number of benzene rings is 1. The highest BCUT2D eigenvalue weighted by Gasteiger charge is 2.23. The fourth-order valence-electron chi connectivity index (χ4n) is 7.46. The zero-order valence-corrected chi connectivity index (χ0v) is 31.7. The molecule has 12 heteroatoms. The second kappa shape index (κ2) is 15.7. The number of nitrogens with one attached hydrogen (secondary N) is 4. The van der Waals surface area contributed by atoms with Crippen LogP contribution >= 0.6 is 23.2 Å². The molecule has 5 aromatic rings. The van der Waals surface area contributed by atoms with E-state index in [0.29, 0.717) is 41.6 Å². The fourth-order valence-corrected chi connectivity index (χ4v) is 8.17. The van der Waals surface area contributed by atoms with Gasteiger partial charge in [-0.1, -0.05) is 60.1 Å². The summed E-state index contributed by atoms with van der Waals surface area (Å²) < 4.78 is 4.06. The van der Waals surface area contributed by atoms with E-state index < -0.39 is 0 Å². The minimum atomic E-state index is 0.121. The van der Waals surface area contributed by atoms with Gasteiger partial charge in [-0.3, -0.25) is 9.59 Å². The first-order chi connectivity index (χ1) is 25.6. The lowest BCUT2D eigenvalue weighted by Gasteiger charge is -2.15. The SMILES string of the molecule is C=C/C(=C(Cl)\C(=C/C)c1ccc2c(CNCC3CCC(=O)N3)cn(C)c2n1)c1cccc(-c2ccc3c(CNC[C@@H]4CCC(=O)N4)cn(C)c3n2)c1Cl. The van der Waals surface area contributed by atoms with E-state index in [4.69, 9.17) is 33.2 Å². The third kappa shape index (κ3) is 7.55. The third-order valence-corrected chi connectivity index (χ3v) is 11.0. The molecule has 4 N–H and O–H groups in total. The van der Waals surface area contributed by atoms with Crippen LogP contribution in [0.5, 0.6) is 0 Å². The molecule has 2 aliphatic heterocycles. The number of fused-ring (bicyclic) bond motifs is 2. The first-order valence-electron chi connectivity index (χ1n) is 18.0. The van der Waals surface area contributed by atoms with Crippen molar-refractivity contribution < 1.29 is 9.59 Å². The Balaban J connectivity index is 1.12. The first-order valence-corrected chi connectivity index (χ1v) is 18.8. The van der Waals surface area contributed by atoms with Gasteiger partial charge in [0.05, 0.1) is 21.4 Å². The number of rotatable bonds is 13. The number of halogens is 2. The highest BCUT2D eigenvalue weighted by Crippen LogP contribution is 2.40. The van der Waals surface area contributed by atoms with Crippen LogP contribution in [0.2, 0.25) is 5.02 Å². The molecule has 274 valence electrons. The number of aryl methyl sites for hydroxylation is 2. The molecule has 1 aromatic carbocycles. The van der Waals surface area contributed by atoms with Crippen LogP contribution in [0.25, 0.3) is 44.5 Å². The molecule has 2 amide bonds. The number of amides is 2. The Morgan fingerprint density at radius 2 is 1.47 bits per heavy atom. The molecule has 4 aromatic heterocycles. The molecular weight excluding hydrogens is 707 g/mol. The zero-order chi connectivity index (χ0) is 37.2. The lowest BCUT2D eigenvalue weighted by Crippen LogP contribution is -2.35. The molecule has 0 spiro atoms. The van der Waals surface area contributed by atoms with E-state index in [-0.39, 0.29) is 23.9 Å². The van der Waals surface area contributed by atoms with Crippen LogP contribution in [0.15, 0.2) is 78.6 Å². The number of hydrogen-bond acceptors (Lipinski definition) is 6. The van der Waals surface area contributed by atoms with Gasteiger partial charge in [0.25, 0.3) is 0 Å². The van der Waals surface area contributed by atoms with Gasteiger partial charge >= 0.3 is 0 Å². The number of nitrogens with zero attached hydrogens (tertiary/aromatic N) is 4. The topological polar surface area (TPSA) is 118 Å². The minimum Gasteiger partial charge on any atom is -0.352 e. The summed E-state index contributed by atoms with van der Waals surface area (Å²) in [5.41, 5.74) is 8.45. The summed E-state index contributed by atoms with van der Waals surface area (Å²) in [7, 11) is 3.98. The summed E-state index contributed by atoms with van der Waals surface area (Å²) >= 11 is 14.4. The molecule has 2 fully saturated rings. The summed E-state index contributed by atoms with van der Waals surface area (Å²) in [6.45, 7) is 8.86.